The van der Waals surface area contributed by atoms with Gasteiger partial charge in [-0.15, -0.1) is 0 Å². The minimum Gasteiger partial charge on any atom is -0.476 e. The molecule has 0 bridgehead atoms. The molecule has 6 nitrogen and oxygen atoms in total. The van der Waals surface area contributed by atoms with Gasteiger partial charge in [-0.25, -0.2) is 15.0 Å². The van der Waals surface area contributed by atoms with Gasteiger partial charge in [0.15, 0.2) is 0 Å². The molecule has 13 heavy (non-hydrogen) atoms. The number of nitrogens with zero attached hydrogens (tertiary/aromatic N) is 1. The summed E-state index contributed by atoms with van der Waals surface area (Å²) in [7, 11) is 0. The molecule has 2 amide bonds. The number of hydrazone groups is 1. The van der Waals surface area contributed by atoms with E-state index in [4.69, 9.17) is 5.11 Å². The molecule has 0 heterocycles. The highest BCUT2D eigenvalue weighted by atomic mass is 19.4. The van der Waals surface area contributed by atoms with Crippen LogP contribution in [0.2, 0.25) is 0 Å². The Morgan fingerprint density at radius 3 is 2.08 bits per heavy atom. The van der Waals surface area contributed by atoms with E-state index in [1.54, 1.807) is 0 Å². The zero-order chi connectivity index (χ0) is 10.6. The fourth-order valence-corrected chi connectivity index (χ4v) is 0.343. The Kier molecular flexibility index (Phi) is 3.22. The number of alkyl halides is 3. The highest BCUT2D eigenvalue weighted by Crippen LogP contribution is 2.16. The van der Waals surface area contributed by atoms with Gasteiger partial charge in [0.2, 0.25) is 5.71 Å². The maximum absolute atomic E-state index is 11.7. The summed E-state index contributed by atoms with van der Waals surface area (Å²) in [5, 5.41) is 10.2. The lowest BCUT2D eigenvalue weighted by Crippen LogP contribution is -2.35. The van der Waals surface area contributed by atoms with Crippen molar-refractivity contribution in [2.75, 3.05) is 0 Å². The molecule has 74 valence electrons. The number of carbonyl (C=O) groups excluding carboxylic acids is 1. The summed E-state index contributed by atoms with van der Waals surface area (Å²) in [5.41, 5.74) is 3.38. The number of carboxylic acid groups (broad SMARTS) is 1. The van der Waals surface area contributed by atoms with E-state index >= 15 is 0 Å². The molecule has 0 aliphatic rings. The Labute approximate surface area is 69.2 Å². The van der Waals surface area contributed by atoms with Gasteiger partial charge in [-0.3, -0.25) is 0 Å². The minimum absolute atomic E-state index is 1.16. The largest absolute Gasteiger partial charge is 0.476 e. The van der Waals surface area contributed by atoms with Crippen molar-refractivity contribution in [1.82, 2.24) is 5.43 Å². The number of hydrogen-bond donors (Lipinski definition) is 3. The smallest absolute Gasteiger partial charge is 0.442 e. The van der Waals surface area contributed by atoms with E-state index in [1.807, 2.05) is 0 Å². The van der Waals surface area contributed by atoms with Crippen LogP contribution in [0.1, 0.15) is 0 Å². The third-order valence-electron chi connectivity index (χ3n) is 0.749. The predicted octanol–water partition coefficient (Wildman–Crippen LogP) is -0.342. The lowest BCUT2D eigenvalue weighted by Gasteiger charge is -2.04. The molecule has 9 heteroatoms. The third kappa shape index (κ3) is 3.94. The molecule has 0 aliphatic carbocycles. The summed E-state index contributed by atoms with van der Waals surface area (Å²) in [6.45, 7) is 0. The Hall–Kier alpha value is -1.80. The van der Waals surface area contributed by atoms with Crippen LogP contribution in [0.25, 0.3) is 0 Å². The molecule has 0 spiro atoms. The van der Waals surface area contributed by atoms with Crippen molar-refractivity contribution >= 4 is 17.7 Å². The van der Waals surface area contributed by atoms with E-state index < -0.39 is 23.9 Å². The summed E-state index contributed by atoms with van der Waals surface area (Å²) in [4.78, 5) is 19.8. The Morgan fingerprint density at radius 1 is 1.38 bits per heavy atom. The van der Waals surface area contributed by atoms with Gasteiger partial charge in [-0.2, -0.15) is 18.3 Å². The number of hydrogen-bond acceptors (Lipinski definition) is 3. The number of primary amides is 1. The highest BCUT2D eigenvalue weighted by molar-refractivity contribution is 6.37. The fraction of sp³-hybridized carbons (Fsp3) is 0.250. The lowest BCUT2D eigenvalue weighted by atomic mass is 10.4. The van der Waals surface area contributed by atoms with Gasteiger partial charge >= 0.3 is 18.2 Å². The number of urea groups is 1. The number of amides is 2. The standard InChI is InChI=1S/C4H4F3N3O3/c5-4(6,7)1(2(11)12)9-10-3(8)13/h(H,11,12)(H3,8,10,13)/b9-1+. The van der Waals surface area contributed by atoms with Crippen LogP contribution in [0.3, 0.4) is 0 Å². The van der Waals surface area contributed by atoms with Gasteiger partial charge < -0.3 is 10.8 Å². The summed E-state index contributed by atoms with van der Waals surface area (Å²) in [6.07, 6.45) is -5.14. The Balaban J connectivity index is 4.72. The van der Waals surface area contributed by atoms with Gasteiger partial charge in [-0.1, -0.05) is 0 Å². The molecule has 0 radical (unpaired) electrons. The van der Waals surface area contributed by atoms with Crippen LogP contribution in [-0.4, -0.2) is 29.0 Å². The normalized spacial score (nSPS) is 12.4. The van der Waals surface area contributed by atoms with Crippen LogP contribution in [0.15, 0.2) is 5.10 Å². The van der Waals surface area contributed by atoms with Crippen molar-refractivity contribution in [3.63, 3.8) is 0 Å². The maximum Gasteiger partial charge on any atom is 0.442 e. The van der Waals surface area contributed by atoms with E-state index in [1.165, 1.54) is 0 Å². The van der Waals surface area contributed by atoms with E-state index in [0.717, 1.165) is 5.43 Å². The van der Waals surface area contributed by atoms with Crippen LogP contribution in [0.4, 0.5) is 18.0 Å². The number of aliphatic carboxylic acids is 1. The first-order valence-corrected chi connectivity index (χ1v) is 2.68. The first-order chi connectivity index (χ1) is 5.75. The number of nitrogens with one attached hydrogen (secondary N) is 1. The van der Waals surface area contributed by atoms with Crippen molar-refractivity contribution in [2.45, 2.75) is 6.18 Å². The zero-order valence-electron chi connectivity index (χ0n) is 5.92. The van der Waals surface area contributed by atoms with Crippen LogP contribution < -0.4 is 11.2 Å². The Morgan fingerprint density at radius 2 is 1.85 bits per heavy atom. The van der Waals surface area contributed by atoms with Gasteiger partial charge in [0, 0.05) is 0 Å². The second kappa shape index (κ2) is 3.74. The number of carbonyl (C=O) groups is 2. The average Bonchev–Trinajstić information content (AvgIpc) is 1.81. The van der Waals surface area contributed by atoms with Gasteiger partial charge in [0.25, 0.3) is 0 Å². The summed E-state index contributed by atoms with van der Waals surface area (Å²) in [6, 6.07) is -1.39. The molecule has 0 unspecified atom stereocenters. The summed E-state index contributed by atoms with van der Waals surface area (Å²) < 4.78 is 35.2. The molecule has 0 saturated heterocycles. The number of rotatable bonds is 2. The molecule has 4 N–H and O–H groups in total. The summed E-state index contributed by atoms with van der Waals surface area (Å²) in [5.74, 6) is -2.30. The number of nitrogens with two attached hydrogens (primary N) is 1. The molecule has 0 atom stereocenters. The molecule has 0 fully saturated rings. The minimum atomic E-state index is -5.14. The first kappa shape index (κ1) is 11.2. The molecule has 0 aromatic heterocycles. The molecule has 0 aliphatic heterocycles. The van der Waals surface area contributed by atoms with Crippen LogP contribution >= 0.6 is 0 Å². The Bertz CT molecular complexity index is 259. The highest BCUT2D eigenvalue weighted by Gasteiger charge is 2.41. The molecular weight excluding hydrogens is 195 g/mol. The van der Waals surface area contributed by atoms with E-state index in [9.17, 15) is 22.8 Å². The van der Waals surface area contributed by atoms with Crippen LogP contribution in [-0.2, 0) is 4.79 Å². The fourth-order valence-electron chi connectivity index (χ4n) is 0.343. The number of halogens is 3. The maximum atomic E-state index is 11.7. The monoisotopic (exact) mass is 199 g/mol. The zero-order valence-corrected chi connectivity index (χ0v) is 5.92. The molecule has 0 aromatic carbocycles. The molecular formula is C4H4F3N3O3. The summed E-state index contributed by atoms with van der Waals surface area (Å²) >= 11 is 0. The van der Waals surface area contributed by atoms with E-state index in [0.29, 0.717) is 0 Å². The first-order valence-electron chi connectivity index (χ1n) is 2.68. The topological polar surface area (TPSA) is 105 Å². The predicted molar refractivity (Wildman–Crippen MR) is 33.8 cm³/mol. The quantitative estimate of drug-likeness (QED) is 0.418. The average molecular weight is 199 g/mol. The van der Waals surface area contributed by atoms with Crippen LogP contribution in [0, 0.1) is 0 Å². The van der Waals surface area contributed by atoms with E-state index in [2.05, 4.69) is 10.8 Å². The lowest BCUT2D eigenvalue weighted by molar-refractivity contribution is -0.133. The van der Waals surface area contributed by atoms with E-state index in [-0.39, 0.29) is 0 Å². The van der Waals surface area contributed by atoms with Crippen molar-refractivity contribution in [1.29, 1.82) is 0 Å². The van der Waals surface area contributed by atoms with Crippen molar-refractivity contribution in [3.8, 4) is 0 Å². The molecule has 0 rings (SSSR count). The molecule has 0 aromatic rings. The van der Waals surface area contributed by atoms with Crippen molar-refractivity contribution in [3.05, 3.63) is 0 Å². The second-order valence-corrected chi connectivity index (χ2v) is 1.74. The van der Waals surface area contributed by atoms with Crippen molar-refractivity contribution < 1.29 is 27.9 Å². The SMILES string of the molecule is NC(=O)N/N=C(\C(=O)O)C(F)(F)F. The van der Waals surface area contributed by atoms with Gasteiger partial charge in [-0.05, 0) is 0 Å². The van der Waals surface area contributed by atoms with Crippen LogP contribution in [0.5, 0.6) is 0 Å². The number of carboxylic acids is 1. The van der Waals surface area contributed by atoms with Gasteiger partial charge in [0.1, 0.15) is 0 Å². The van der Waals surface area contributed by atoms with Gasteiger partial charge in [0.05, 0.1) is 0 Å². The third-order valence-corrected chi connectivity index (χ3v) is 0.749. The molecule has 0 saturated carbocycles. The second-order valence-electron chi connectivity index (χ2n) is 1.74. The van der Waals surface area contributed by atoms with Crippen molar-refractivity contribution in [2.24, 2.45) is 10.8 Å².